The number of amides is 3. The van der Waals surface area contributed by atoms with Crippen LogP contribution in [-0.4, -0.2) is 61.1 Å². The van der Waals surface area contributed by atoms with Gasteiger partial charge in [0.1, 0.15) is 0 Å². The van der Waals surface area contributed by atoms with E-state index in [0.29, 0.717) is 26.2 Å². The van der Waals surface area contributed by atoms with E-state index in [1.54, 1.807) is 17.3 Å². The molecule has 1 aliphatic heterocycles. The summed E-state index contributed by atoms with van der Waals surface area (Å²) in [5, 5.41) is 5.45. The third-order valence-corrected chi connectivity index (χ3v) is 3.37. The number of anilines is 1. The van der Waals surface area contributed by atoms with Crippen molar-refractivity contribution in [2.45, 2.75) is 6.92 Å². The van der Waals surface area contributed by atoms with Crippen LogP contribution in [-0.2, 0) is 4.79 Å². The van der Waals surface area contributed by atoms with E-state index >= 15 is 0 Å². The molecule has 0 aliphatic carbocycles. The smallest absolute Gasteiger partial charge is 0.317 e. The molecule has 114 valence electrons. The van der Waals surface area contributed by atoms with Gasteiger partial charge in [-0.15, -0.1) is 0 Å². The first-order valence-corrected chi connectivity index (χ1v) is 7.09. The average molecular weight is 291 g/mol. The summed E-state index contributed by atoms with van der Waals surface area (Å²) in [6.45, 7) is 5.36. The largest absolute Gasteiger partial charge is 0.368 e. The molecule has 21 heavy (non-hydrogen) atoms. The van der Waals surface area contributed by atoms with Crippen LogP contribution in [0.5, 0.6) is 0 Å². The first-order valence-electron chi connectivity index (χ1n) is 7.09. The minimum Gasteiger partial charge on any atom is -0.368 e. The van der Waals surface area contributed by atoms with Crippen LogP contribution in [0.25, 0.3) is 0 Å². The summed E-state index contributed by atoms with van der Waals surface area (Å²) in [5.74, 6) is -0.0878. The number of pyridine rings is 1. The highest BCUT2D eigenvalue weighted by molar-refractivity contribution is 5.75. The van der Waals surface area contributed by atoms with Gasteiger partial charge in [-0.05, 0) is 12.1 Å². The van der Waals surface area contributed by atoms with Gasteiger partial charge in [-0.25, -0.2) is 4.79 Å². The molecule has 1 saturated heterocycles. The molecule has 2 N–H and O–H groups in total. The topological polar surface area (TPSA) is 77.6 Å². The molecule has 3 amide bonds. The lowest BCUT2D eigenvalue weighted by Gasteiger charge is -2.36. The highest BCUT2D eigenvalue weighted by atomic mass is 16.2. The summed E-state index contributed by atoms with van der Waals surface area (Å²) < 4.78 is 0. The van der Waals surface area contributed by atoms with E-state index in [-0.39, 0.29) is 11.9 Å². The number of carbonyl (C=O) groups is 2. The van der Waals surface area contributed by atoms with Crippen LogP contribution >= 0.6 is 0 Å². The highest BCUT2D eigenvalue weighted by Gasteiger charge is 2.20. The SMILES string of the molecule is CC(=O)NCCNC(=O)N1CCN(c2ccncc2)CC1. The Hall–Kier alpha value is -2.31. The summed E-state index contributed by atoms with van der Waals surface area (Å²) in [4.78, 5) is 30.7. The van der Waals surface area contributed by atoms with Crippen molar-refractivity contribution in [3.8, 4) is 0 Å². The quantitative estimate of drug-likeness (QED) is 0.768. The van der Waals surface area contributed by atoms with E-state index < -0.39 is 0 Å². The molecular weight excluding hydrogens is 270 g/mol. The molecule has 2 rings (SSSR count). The zero-order valence-corrected chi connectivity index (χ0v) is 12.2. The van der Waals surface area contributed by atoms with Gasteiger partial charge in [0.15, 0.2) is 0 Å². The first-order chi connectivity index (χ1) is 10.2. The Bertz CT molecular complexity index is 472. The van der Waals surface area contributed by atoms with E-state index in [1.165, 1.54) is 6.92 Å². The number of piperazine rings is 1. The van der Waals surface area contributed by atoms with Crippen molar-refractivity contribution in [1.29, 1.82) is 0 Å². The molecule has 2 heterocycles. The van der Waals surface area contributed by atoms with Crippen LogP contribution in [0.1, 0.15) is 6.92 Å². The van der Waals surface area contributed by atoms with Crippen LogP contribution in [0.15, 0.2) is 24.5 Å². The fraction of sp³-hybridized carbons (Fsp3) is 0.500. The van der Waals surface area contributed by atoms with Gasteiger partial charge < -0.3 is 20.4 Å². The second-order valence-electron chi connectivity index (χ2n) is 4.89. The average Bonchev–Trinajstić information content (AvgIpc) is 2.52. The molecule has 1 aliphatic rings. The van der Waals surface area contributed by atoms with Crippen LogP contribution in [0, 0.1) is 0 Å². The van der Waals surface area contributed by atoms with Crippen molar-refractivity contribution in [2.75, 3.05) is 44.2 Å². The predicted molar refractivity (Wildman–Crippen MR) is 80.1 cm³/mol. The summed E-state index contributed by atoms with van der Waals surface area (Å²) in [6, 6.07) is 3.88. The lowest BCUT2D eigenvalue weighted by atomic mass is 10.3. The van der Waals surface area contributed by atoms with E-state index in [2.05, 4.69) is 20.5 Å². The van der Waals surface area contributed by atoms with Gasteiger partial charge in [0.25, 0.3) is 0 Å². The van der Waals surface area contributed by atoms with Crippen LogP contribution in [0.4, 0.5) is 10.5 Å². The zero-order valence-electron chi connectivity index (χ0n) is 12.2. The van der Waals surface area contributed by atoms with Gasteiger partial charge in [0, 0.05) is 64.3 Å². The fourth-order valence-corrected chi connectivity index (χ4v) is 2.24. The fourth-order valence-electron chi connectivity index (χ4n) is 2.24. The van der Waals surface area contributed by atoms with E-state index in [9.17, 15) is 9.59 Å². The van der Waals surface area contributed by atoms with Crippen molar-refractivity contribution in [3.63, 3.8) is 0 Å². The number of nitrogens with zero attached hydrogens (tertiary/aromatic N) is 3. The lowest BCUT2D eigenvalue weighted by Crippen LogP contribution is -2.52. The molecule has 0 radical (unpaired) electrons. The number of aromatic nitrogens is 1. The zero-order chi connectivity index (χ0) is 15.1. The minimum atomic E-state index is -0.0878. The Kier molecular flexibility index (Phi) is 5.36. The maximum absolute atomic E-state index is 12.0. The second kappa shape index (κ2) is 7.47. The van der Waals surface area contributed by atoms with Gasteiger partial charge >= 0.3 is 6.03 Å². The van der Waals surface area contributed by atoms with Gasteiger partial charge in [-0.2, -0.15) is 0 Å². The second-order valence-corrected chi connectivity index (χ2v) is 4.89. The van der Waals surface area contributed by atoms with Crippen molar-refractivity contribution in [1.82, 2.24) is 20.5 Å². The standard InChI is InChI=1S/C14H21N5O2/c1-12(20)16-6-7-17-14(21)19-10-8-18(9-11-19)13-2-4-15-5-3-13/h2-5H,6-11H2,1H3,(H,16,20)(H,17,21). The minimum absolute atomic E-state index is 0.0743. The van der Waals surface area contributed by atoms with Crippen molar-refractivity contribution in [3.05, 3.63) is 24.5 Å². The normalized spacial score (nSPS) is 14.7. The first kappa shape index (κ1) is 15.1. The summed E-state index contributed by atoms with van der Waals surface area (Å²) in [7, 11) is 0. The summed E-state index contributed by atoms with van der Waals surface area (Å²) in [5.41, 5.74) is 1.13. The molecule has 7 heteroatoms. The van der Waals surface area contributed by atoms with E-state index in [0.717, 1.165) is 18.8 Å². The molecule has 1 aromatic rings. The number of carbonyl (C=O) groups excluding carboxylic acids is 2. The third-order valence-electron chi connectivity index (χ3n) is 3.37. The van der Waals surface area contributed by atoms with Gasteiger partial charge in [-0.3, -0.25) is 9.78 Å². The predicted octanol–water partition coefficient (Wildman–Crippen LogP) is 0.0493. The van der Waals surface area contributed by atoms with Crippen molar-refractivity contribution < 1.29 is 9.59 Å². The number of nitrogens with one attached hydrogen (secondary N) is 2. The maximum atomic E-state index is 12.0. The molecule has 0 saturated carbocycles. The number of hydrogen-bond donors (Lipinski definition) is 2. The molecular formula is C14H21N5O2. The third kappa shape index (κ3) is 4.62. The van der Waals surface area contributed by atoms with Gasteiger partial charge in [-0.1, -0.05) is 0 Å². The Morgan fingerprint density at radius 2 is 1.71 bits per heavy atom. The van der Waals surface area contributed by atoms with Crippen molar-refractivity contribution in [2.24, 2.45) is 0 Å². The van der Waals surface area contributed by atoms with E-state index in [1.807, 2.05) is 12.1 Å². The molecule has 0 spiro atoms. The molecule has 1 aromatic heterocycles. The van der Waals surface area contributed by atoms with E-state index in [4.69, 9.17) is 0 Å². The Labute approximate surface area is 124 Å². The molecule has 7 nitrogen and oxygen atoms in total. The lowest BCUT2D eigenvalue weighted by molar-refractivity contribution is -0.118. The summed E-state index contributed by atoms with van der Waals surface area (Å²) >= 11 is 0. The molecule has 1 fully saturated rings. The molecule has 0 aromatic carbocycles. The summed E-state index contributed by atoms with van der Waals surface area (Å²) in [6.07, 6.45) is 3.55. The molecule has 0 bridgehead atoms. The van der Waals surface area contributed by atoms with Crippen LogP contribution < -0.4 is 15.5 Å². The van der Waals surface area contributed by atoms with Gasteiger partial charge in [0.05, 0.1) is 0 Å². The number of rotatable bonds is 4. The monoisotopic (exact) mass is 291 g/mol. The Morgan fingerprint density at radius 1 is 1.10 bits per heavy atom. The molecule has 0 unspecified atom stereocenters. The Morgan fingerprint density at radius 3 is 2.33 bits per heavy atom. The Balaban J connectivity index is 1.71. The van der Waals surface area contributed by atoms with Gasteiger partial charge in [0.2, 0.25) is 5.91 Å². The highest BCUT2D eigenvalue weighted by Crippen LogP contribution is 2.14. The maximum Gasteiger partial charge on any atom is 0.317 e. The van der Waals surface area contributed by atoms with Crippen LogP contribution in [0.2, 0.25) is 0 Å². The van der Waals surface area contributed by atoms with Crippen molar-refractivity contribution >= 4 is 17.6 Å². The number of hydrogen-bond acceptors (Lipinski definition) is 4. The number of urea groups is 1. The molecule has 0 atom stereocenters. The van der Waals surface area contributed by atoms with Crippen LogP contribution in [0.3, 0.4) is 0 Å².